The van der Waals surface area contributed by atoms with E-state index in [0.717, 1.165) is 5.56 Å². The van der Waals surface area contributed by atoms with Gasteiger partial charge in [0, 0.05) is 11.6 Å². The van der Waals surface area contributed by atoms with Gasteiger partial charge in [0.15, 0.2) is 4.32 Å². The number of carbonyl (C=O) groups excluding carboxylic acids is 1. The van der Waals surface area contributed by atoms with Crippen LogP contribution < -0.4 is 14.4 Å². The summed E-state index contributed by atoms with van der Waals surface area (Å²) in [7, 11) is 3.14. The summed E-state index contributed by atoms with van der Waals surface area (Å²) < 4.78 is 11.0. The van der Waals surface area contributed by atoms with Gasteiger partial charge in [-0.3, -0.25) is 9.69 Å². The average Bonchev–Trinajstić information content (AvgIpc) is 2.91. The molecule has 1 aliphatic rings. The van der Waals surface area contributed by atoms with E-state index < -0.39 is 0 Å². The Morgan fingerprint density at radius 3 is 2.50 bits per heavy atom. The first kappa shape index (κ1) is 19.0. The standard InChI is InChI=1S/C18H13Cl2NO3S2/c1-23-12-5-3-10(15(9-12)24-2)7-16-17(22)21(18(25)26-16)11-4-6-13(19)14(20)8-11/h3-9H,1-2H3/b16-7-. The minimum absolute atomic E-state index is 0.226. The molecule has 1 amide bonds. The second kappa shape index (κ2) is 7.88. The molecule has 0 saturated carbocycles. The number of thiocarbonyl (C=S) groups is 1. The molecule has 1 fully saturated rings. The van der Waals surface area contributed by atoms with Crippen LogP contribution in [0.15, 0.2) is 41.3 Å². The van der Waals surface area contributed by atoms with Crippen molar-refractivity contribution in [2.75, 3.05) is 19.1 Å². The number of thioether (sulfide) groups is 1. The maximum Gasteiger partial charge on any atom is 0.270 e. The van der Waals surface area contributed by atoms with Gasteiger partial charge >= 0.3 is 0 Å². The maximum atomic E-state index is 12.8. The fraction of sp³-hybridized carbons (Fsp3) is 0.111. The lowest BCUT2D eigenvalue weighted by atomic mass is 10.1. The third-order valence-corrected chi connectivity index (χ3v) is 5.72. The summed E-state index contributed by atoms with van der Waals surface area (Å²) in [4.78, 5) is 14.8. The van der Waals surface area contributed by atoms with E-state index in [0.29, 0.717) is 36.5 Å². The molecule has 0 aromatic heterocycles. The second-order valence-electron chi connectivity index (χ2n) is 5.22. The van der Waals surface area contributed by atoms with E-state index in [1.807, 2.05) is 6.07 Å². The fourth-order valence-corrected chi connectivity index (χ4v) is 3.98. The predicted octanol–water partition coefficient (Wildman–Crippen LogP) is 5.42. The van der Waals surface area contributed by atoms with Crippen molar-refractivity contribution >= 4 is 69.2 Å². The minimum atomic E-state index is -0.226. The second-order valence-corrected chi connectivity index (χ2v) is 7.71. The summed E-state index contributed by atoms with van der Waals surface area (Å²) >= 11 is 18.6. The van der Waals surface area contributed by atoms with E-state index in [4.69, 9.17) is 44.9 Å². The van der Waals surface area contributed by atoms with Gasteiger partial charge in [-0.2, -0.15) is 0 Å². The molecule has 0 spiro atoms. The van der Waals surface area contributed by atoms with Gasteiger partial charge in [-0.25, -0.2) is 0 Å². The molecular formula is C18H13Cl2NO3S2. The molecule has 0 atom stereocenters. The SMILES string of the molecule is COc1ccc(/C=C2\SC(=S)N(c3ccc(Cl)c(Cl)c3)C2=O)c(OC)c1. The Kier molecular flexibility index (Phi) is 5.77. The van der Waals surface area contributed by atoms with Crippen LogP contribution in [-0.4, -0.2) is 24.4 Å². The molecule has 3 rings (SSSR count). The monoisotopic (exact) mass is 425 g/mol. The van der Waals surface area contributed by atoms with Gasteiger partial charge in [0.2, 0.25) is 0 Å². The van der Waals surface area contributed by atoms with Gasteiger partial charge in [0.25, 0.3) is 5.91 Å². The van der Waals surface area contributed by atoms with Crippen LogP contribution in [0.5, 0.6) is 11.5 Å². The molecule has 26 heavy (non-hydrogen) atoms. The largest absolute Gasteiger partial charge is 0.497 e. The number of rotatable bonds is 4. The van der Waals surface area contributed by atoms with E-state index in [-0.39, 0.29) is 5.91 Å². The van der Waals surface area contributed by atoms with Crippen LogP contribution >= 0.6 is 47.2 Å². The molecule has 134 valence electrons. The number of nitrogens with zero attached hydrogens (tertiary/aromatic N) is 1. The number of hydrogen-bond acceptors (Lipinski definition) is 5. The molecule has 0 bridgehead atoms. The van der Waals surface area contributed by atoms with Crippen LogP contribution in [0.4, 0.5) is 5.69 Å². The van der Waals surface area contributed by atoms with Crippen molar-refractivity contribution in [3.8, 4) is 11.5 Å². The summed E-state index contributed by atoms with van der Waals surface area (Å²) in [5, 5.41) is 0.776. The molecule has 1 heterocycles. The van der Waals surface area contributed by atoms with Crippen LogP contribution in [0.2, 0.25) is 10.0 Å². The molecule has 0 N–H and O–H groups in total. The first-order valence-corrected chi connectivity index (χ1v) is 9.37. The highest BCUT2D eigenvalue weighted by molar-refractivity contribution is 8.27. The number of halogens is 2. The molecule has 0 aliphatic carbocycles. The van der Waals surface area contributed by atoms with Crippen molar-refractivity contribution < 1.29 is 14.3 Å². The molecule has 0 radical (unpaired) electrons. The lowest BCUT2D eigenvalue weighted by Crippen LogP contribution is -2.27. The Morgan fingerprint density at radius 2 is 1.85 bits per heavy atom. The van der Waals surface area contributed by atoms with Crippen molar-refractivity contribution in [1.29, 1.82) is 0 Å². The molecule has 2 aromatic carbocycles. The summed E-state index contributed by atoms with van der Waals surface area (Å²) in [5.74, 6) is 1.04. The summed E-state index contributed by atoms with van der Waals surface area (Å²) in [5.41, 5.74) is 1.33. The Bertz CT molecular complexity index is 931. The third kappa shape index (κ3) is 3.69. The van der Waals surface area contributed by atoms with Crippen LogP contribution in [-0.2, 0) is 4.79 Å². The first-order valence-electron chi connectivity index (χ1n) is 7.39. The number of hydrogen-bond donors (Lipinski definition) is 0. The maximum absolute atomic E-state index is 12.8. The van der Waals surface area contributed by atoms with Gasteiger partial charge in [0.1, 0.15) is 11.5 Å². The van der Waals surface area contributed by atoms with E-state index in [9.17, 15) is 4.79 Å². The zero-order valence-corrected chi connectivity index (χ0v) is 16.9. The quantitative estimate of drug-likeness (QED) is 0.483. The highest BCUT2D eigenvalue weighted by Gasteiger charge is 2.33. The van der Waals surface area contributed by atoms with Crippen LogP contribution in [0.1, 0.15) is 5.56 Å². The Labute approximate surface area is 170 Å². The molecule has 0 unspecified atom stereocenters. The normalized spacial score (nSPS) is 15.7. The predicted molar refractivity (Wildman–Crippen MR) is 112 cm³/mol. The van der Waals surface area contributed by atoms with Crippen molar-refractivity contribution in [3.05, 3.63) is 56.9 Å². The number of methoxy groups -OCH3 is 2. The van der Waals surface area contributed by atoms with Gasteiger partial charge < -0.3 is 9.47 Å². The Morgan fingerprint density at radius 1 is 1.08 bits per heavy atom. The van der Waals surface area contributed by atoms with Gasteiger partial charge in [0.05, 0.1) is 34.9 Å². The Hall–Kier alpha value is -1.73. The van der Waals surface area contributed by atoms with Crippen molar-refractivity contribution in [2.24, 2.45) is 0 Å². The number of anilines is 1. The Balaban J connectivity index is 1.96. The number of benzene rings is 2. The molecule has 2 aromatic rings. The molecule has 4 nitrogen and oxygen atoms in total. The molecule has 8 heteroatoms. The zero-order chi connectivity index (χ0) is 18.8. The topological polar surface area (TPSA) is 38.8 Å². The lowest BCUT2D eigenvalue weighted by Gasteiger charge is -2.15. The average molecular weight is 426 g/mol. The summed E-state index contributed by atoms with van der Waals surface area (Å²) in [6, 6.07) is 10.3. The molecule has 1 saturated heterocycles. The van der Waals surface area contributed by atoms with Gasteiger partial charge in [-0.05, 0) is 36.4 Å². The highest BCUT2D eigenvalue weighted by Crippen LogP contribution is 2.39. The van der Waals surface area contributed by atoms with Crippen LogP contribution in [0.25, 0.3) is 6.08 Å². The van der Waals surface area contributed by atoms with Crippen LogP contribution in [0, 0.1) is 0 Å². The minimum Gasteiger partial charge on any atom is -0.497 e. The lowest BCUT2D eigenvalue weighted by molar-refractivity contribution is -0.113. The van der Waals surface area contributed by atoms with E-state index in [1.165, 1.54) is 16.7 Å². The van der Waals surface area contributed by atoms with E-state index in [1.54, 1.807) is 50.6 Å². The third-order valence-electron chi connectivity index (χ3n) is 3.68. The number of ether oxygens (including phenoxy) is 2. The van der Waals surface area contributed by atoms with Gasteiger partial charge in [-0.15, -0.1) is 0 Å². The van der Waals surface area contributed by atoms with E-state index in [2.05, 4.69) is 0 Å². The number of carbonyl (C=O) groups is 1. The number of amides is 1. The summed E-state index contributed by atoms with van der Waals surface area (Å²) in [6.45, 7) is 0. The van der Waals surface area contributed by atoms with Crippen molar-refractivity contribution in [2.45, 2.75) is 0 Å². The van der Waals surface area contributed by atoms with Crippen molar-refractivity contribution in [1.82, 2.24) is 0 Å². The zero-order valence-electron chi connectivity index (χ0n) is 13.8. The van der Waals surface area contributed by atoms with Crippen molar-refractivity contribution in [3.63, 3.8) is 0 Å². The summed E-state index contributed by atoms with van der Waals surface area (Å²) in [6.07, 6.45) is 1.75. The smallest absolute Gasteiger partial charge is 0.270 e. The highest BCUT2D eigenvalue weighted by atomic mass is 35.5. The fourth-order valence-electron chi connectivity index (χ4n) is 2.39. The molecular weight excluding hydrogens is 413 g/mol. The van der Waals surface area contributed by atoms with Crippen LogP contribution in [0.3, 0.4) is 0 Å². The molecule has 1 aliphatic heterocycles. The first-order chi connectivity index (χ1) is 12.4. The van der Waals surface area contributed by atoms with Gasteiger partial charge in [-0.1, -0.05) is 47.2 Å². The van der Waals surface area contributed by atoms with E-state index >= 15 is 0 Å².